The van der Waals surface area contributed by atoms with Crippen molar-refractivity contribution in [3.63, 3.8) is 0 Å². The first-order chi connectivity index (χ1) is 12.6. The molecule has 0 heterocycles. The summed E-state index contributed by atoms with van der Waals surface area (Å²) in [6.45, 7) is 6.06. The predicted octanol–water partition coefficient (Wildman–Crippen LogP) is 3.85. The summed E-state index contributed by atoms with van der Waals surface area (Å²) in [4.78, 5) is 4.32. The van der Waals surface area contributed by atoms with E-state index in [1.165, 1.54) is 5.56 Å². The fraction of sp³-hybridized carbons (Fsp3) is 0.381. The molecular weight excluding hydrogens is 326 g/mol. The van der Waals surface area contributed by atoms with E-state index in [0.717, 1.165) is 30.9 Å². The van der Waals surface area contributed by atoms with Gasteiger partial charge in [0.25, 0.3) is 0 Å². The van der Waals surface area contributed by atoms with E-state index in [9.17, 15) is 0 Å². The van der Waals surface area contributed by atoms with Gasteiger partial charge in [0, 0.05) is 18.8 Å². The Bertz CT molecular complexity index is 655. The van der Waals surface area contributed by atoms with Gasteiger partial charge in [0.05, 0.1) is 12.7 Å². The molecule has 2 aromatic carbocycles. The zero-order valence-electron chi connectivity index (χ0n) is 15.7. The zero-order valence-corrected chi connectivity index (χ0v) is 15.7. The lowest BCUT2D eigenvalue weighted by Gasteiger charge is -2.11. The van der Waals surface area contributed by atoms with E-state index in [2.05, 4.69) is 22.4 Å². The quantitative estimate of drug-likeness (QED) is 0.386. The number of guanidine groups is 1. The molecule has 26 heavy (non-hydrogen) atoms. The van der Waals surface area contributed by atoms with Crippen molar-refractivity contribution in [1.82, 2.24) is 0 Å². The van der Waals surface area contributed by atoms with Crippen molar-refractivity contribution in [3.05, 3.63) is 60.2 Å². The van der Waals surface area contributed by atoms with E-state index in [1.54, 1.807) is 0 Å². The van der Waals surface area contributed by atoms with Crippen molar-refractivity contribution in [3.8, 4) is 5.75 Å². The number of benzene rings is 2. The van der Waals surface area contributed by atoms with Gasteiger partial charge in [0.2, 0.25) is 0 Å². The van der Waals surface area contributed by atoms with E-state index in [4.69, 9.17) is 15.2 Å². The van der Waals surface area contributed by atoms with Gasteiger partial charge in [-0.3, -0.25) is 4.99 Å². The van der Waals surface area contributed by atoms with Crippen molar-refractivity contribution in [1.29, 1.82) is 0 Å². The lowest BCUT2D eigenvalue weighted by atomic mass is 10.2. The van der Waals surface area contributed by atoms with Gasteiger partial charge in [-0.05, 0) is 56.5 Å². The number of nitrogens with zero attached hydrogens (tertiary/aromatic N) is 1. The number of nitrogens with one attached hydrogen (secondary N) is 1. The molecule has 0 aliphatic heterocycles. The topological polar surface area (TPSA) is 68.9 Å². The van der Waals surface area contributed by atoms with E-state index >= 15 is 0 Å². The molecule has 0 aliphatic rings. The lowest BCUT2D eigenvalue weighted by molar-refractivity contribution is 0.136. The Morgan fingerprint density at radius 3 is 2.46 bits per heavy atom. The Labute approximate surface area is 156 Å². The minimum atomic E-state index is 0.162. The maximum absolute atomic E-state index is 5.91. The number of hydrogen-bond acceptors (Lipinski definition) is 3. The highest BCUT2D eigenvalue weighted by molar-refractivity contribution is 5.92. The van der Waals surface area contributed by atoms with E-state index in [1.807, 2.05) is 56.3 Å². The second-order valence-corrected chi connectivity index (χ2v) is 6.28. The zero-order chi connectivity index (χ0) is 18.6. The molecule has 5 nitrogen and oxygen atoms in total. The minimum Gasteiger partial charge on any atom is -0.491 e. The summed E-state index contributed by atoms with van der Waals surface area (Å²) in [5.41, 5.74) is 8.09. The molecular formula is C21H29N3O2. The molecule has 0 radical (unpaired) electrons. The standard InChI is InChI=1S/C21H29N3O2/c1-17(2)26-20-11-9-19(10-12-20)24-21(22)23-14-6-15-25-16-13-18-7-4-3-5-8-18/h3-5,7-12,17H,6,13-16H2,1-2H3,(H3,22,23,24). The molecule has 2 rings (SSSR count). The molecule has 3 N–H and O–H groups in total. The van der Waals surface area contributed by atoms with Gasteiger partial charge in [-0.25, -0.2) is 0 Å². The Balaban J connectivity index is 1.59. The lowest BCUT2D eigenvalue weighted by Crippen LogP contribution is -2.23. The molecule has 140 valence electrons. The van der Waals surface area contributed by atoms with Crippen LogP contribution in [0.1, 0.15) is 25.8 Å². The third-order valence-corrected chi connectivity index (χ3v) is 3.61. The van der Waals surface area contributed by atoms with Crippen LogP contribution in [0.3, 0.4) is 0 Å². The largest absolute Gasteiger partial charge is 0.491 e. The Kier molecular flexibility index (Phi) is 8.49. The van der Waals surface area contributed by atoms with Crippen molar-refractivity contribution < 1.29 is 9.47 Å². The van der Waals surface area contributed by atoms with Crippen LogP contribution >= 0.6 is 0 Å². The van der Waals surface area contributed by atoms with Crippen LogP contribution in [-0.2, 0) is 11.2 Å². The second-order valence-electron chi connectivity index (χ2n) is 6.28. The van der Waals surface area contributed by atoms with Crippen molar-refractivity contribution >= 4 is 11.6 Å². The number of ether oxygens (including phenoxy) is 2. The third-order valence-electron chi connectivity index (χ3n) is 3.61. The average molecular weight is 355 g/mol. The maximum Gasteiger partial charge on any atom is 0.193 e. The van der Waals surface area contributed by atoms with Crippen LogP contribution < -0.4 is 15.8 Å². The first-order valence-electron chi connectivity index (χ1n) is 9.09. The molecule has 2 aromatic rings. The van der Waals surface area contributed by atoms with Gasteiger partial charge in [-0.15, -0.1) is 0 Å². The molecule has 0 atom stereocenters. The van der Waals surface area contributed by atoms with Gasteiger partial charge < -0.3 is 20.5 Å². The monoisotopic (exact) mass is 355 g/mol. The summed E-state index contributed by atoms with van der Waals surface area (Å²) in [6, 6.07) is 18.0. The smallest absolute Gasteiger partial charge is 0.193 e. The first-order valence-corrected chi connectivity index (χ1v) is 9.09. The van der Waals surface area contributed by atoms with Crippen LogP contribution in [0.5, 0.6) is 5.75 Å². The number of nitrogens with two attached hydrogens (primary N) is 1. The molecule has 0 saturated heterocycles. The summed E-state index contributed by atoms with van der Waals surface area (Å²) in [5, 5.41) is 3.08. The molecule has 0 saturated carbocycles. The summed E-state index contributed by atoms with van der Waals surface area (Å²) >= 11 is 0. The molecule has 0 spiro atoms. The second kappa shape index (κ2) is 11.2. The van der Waals surface area contributed by atoms with Gasteiger partial charge in [0.1, 0.15) is 5.75 Å². The number of hydrogen-bond donors (Lipinski definition) is 2. The van der Waals surface area contributed by atoms with Crippen LogP contribution in [0, 0.1) is 0 Å². The summed E-state index contributed by atoms with van der Waals surface area (Å²) < 4.78 is 11.2. The number of aliphatic imine (C=N–C) groups is 1. The van der Waals surface area contributed by atoms with Gasteiger partial charge in [-0.2, -0.15) is 0 Å². The van der Waals surface area contributed by atoms with Crippen molar-refractivity contribution in [2.45, 2.75) is 32.8 Å². The highest BCUT2D eigenvalue weighted by atomic mass is 16.5. The normalized spacial score (nSPS) is 11.6. The van der Waals surface area contributed by atoms with Crippen LogP contribution in [0.15, 0.2) is 59.6 Å². The first kappa shape index (κ1) is 19.8. The maximum atomic E-state index is 5.91. The Hall–Kier alpha value is -2.53. The summed E-state index contributed by atoms with van der Waals surface area (Å²) in [5.74, 6) is 1.25. The Morgan fingerprint density at radius 2 is 1.77 bits per heavy atom. The van der Waals surface area contributed by atoms with Crippen LogP contribution in [0.2, 0.25) is 0 Å². The Morgan fingerprint density at radius 1 is 1.04 bits per heavy atom. The highest BCUT2D eigenvalue weighted by Crippen LogP contribution is 2.16. The van der Waals surface area contributed by atoms with Crippen LogP contribution in [0.4, 0.5) is 5.69 Å². The van der Waals surface area contributed by atoms with Crippen molar-refractivity contribution in [2.24, 2.45) is 10.7 Å². The number of rotatable bonds is 10. The molecule has 0 aliphatic carbocycles. The van der Waals surface area contributed by atoms with Gasteiger partial charge in [-0.1, -0.05) is 30.3 Å². The van der Waals surface area contributed by atoms with Gasteiger partial charge >= 0.3 is 0 Å². The fourth-order valence-corrected chi connectivity index (χ4v) is 2.38. The minimum absolute atomic E-state index is 0.162. The van der Waals surface area contributed by atoms with E-state index < -0.39 is 0 Å². The predicted molar refractivity (Wildman–Crippen MR) is 108 cm³/mol. The van der Waals surface area contributed by atoms with Crippen LogP contribution in [0.25, 0.3) is 0 Å². The molecule has 0 unspecified atom stereocenters. The molecule has 0 bridgehead atoms. The van der Waals surface area contributed by atoms with E-state index in [0.29, 0.717) is 19.1 Å². The molecule has 0 amide bonds. The number of anilines is 1. The van der Waals surface area contributed by atoms with Crippen LogP contribution in [-0.4, -0.2) is 31.8 Å². The summed E-state index contributed by atoms with van der Waals surface area (Å²) in [7, 11) is 0. The van der Waals surface area contributed by atoms with Crippen molar-refractivity contribution in [2.75, 3.05) is 25.1 Å². The molecule has 5 heteroatoms. The van der Waals surface area contributed by atoms with E-state index in [-0.39, 0.29) is 6.10 Å². The molecule has 0 fully saturated rings. The molecule has 0 aromatic heterocycles. The average Bonchev–Trinajstić information content (AvgIpc) is 2.63. The fourth-order valence-electron chi connectivity index (χ4n) is 2.38. The summed E-state index contributed by atoms with van der Waals surface area (Å²) in [6.07, 6.45) is 1.94. The highest BCUT2D eigenvalue weighted by Gasteiger charge is 1.99. The third kappa shape index (κ3) is 8.03. The SMILES string of the molecule is CC(C)Oc1ccc(NC(N)=NCCCOCCc2ccccc2)cc1. The van der Waals surface area contributed by atoms with Gasteiger partial charge in [0.15, 0.2) is 5.96 Å².